The van der Waals surface area contributed by atoms with Crippen molar-refractivity contribution in [3.63, 3.8) is 0 Å². The molecule has 0 aromatic heterocycles. The monoisotopic (exact) mass is 221 g/mol. The molecule has 1 N–H and O–H groups in total. The summed E-state index contributed by atoms with van der Waals surface area (Å²) in [6.07, 6.45) is 11.6. The highest BCUT2D eigenvalue weighted by atomic mass is 16.1. The van der Waals surface area contributed by atoms with E-state index in [9.17, 15) is 4.79 Å². The molecule has 2 aliphatic carbocycles. The normalized spacial score (nSPS) is 24.3. The molecule has 0 aliphatic heterocycles. The maximum absolute atomic E-state index is 11.2. The molecule has 0 bridgehead atoms. The molecule has 1 unspecified atom stereocenters. The van der Waals surface area contributed by atoms with Gasteiger partial charge in [-0.15, -0.1) is 0 Å². The van der Waals surface area contributed by atoms with Gasteiger partial charge in [-0.2, -0.15) is 0 Å². The Balaban J connectivity index is 1.89. The van der Waals surface area contributed by atoms with Gasteiger partial charge < -0.3 is 5.32 Å². The van der Waals surface area contributed by atoms with Crippen molar-refractivity contribution in [2.45, 2.75) is 64.3 Å². The van der Waals surface area contributed by atoms with Gasteiger partial charge in [0.15, 0.2) is 5.78 Å². The van der Waals surface area contributed by atoms with Crippen molar-refractivity contribution in [1.29, 1.82) is 0 Å². The van der Waals surface area contributed by atoms with Crippen LogP contribution >= 0.6 is 0 Å². The Labute approximate surface area is 98.5 Å². The van der Waals surface area contributed by atoms with Crippen LogP contribution < -0.4 is 5.32 Å². The van der Waals surface area contributed by atoms with Gasteiger partial charge in [-0.05, 0) is 31.6 Å². The largest absolute Gasteiger partial charge is 0.385 e. The fraction of sp³-hybridized carbons (Fsp3) is 0.786. The highest BCUT2D eigenvalue weighted by Gasteiger charge is 2.23. The van der Waals surface area contributed by atoms with Crippen molar-refractivity contribution in [2.75, 3.05) is 0 Å². The lowest BCUT2D eigenvalue weighted by Gasteiger charge is -2.31. The van der Waals surface area contributed by atoms with Crippen LogP contribution in [-0.2, 0) is 4.79 Å². The molecule has 16 heavy (non-hydrogen) atoms. The molecule has 0 radical (unpaired) electrons. The van der Waals surface area contributed by atoms with Gasteiger partial charge in [0.25, 0.3) is 0 Å². The quantitative estimate of drug-likeness (QED) is 0.790. The zero-order valence-corrected chi connectivity index (χ0v) is 10.3. The summed E-state index contributed by atoms with van der Waals surface area (Å²) in [5, 5.41) is 3.61. The second kappa shape index (κ2) is 5.51. The average molecular weight is 221 g/mol. The molecule has 2 aliphatic rings. The van der Waals surface area contributed by atoms with Gasteiger partial charge in [-0.3, -0.25) is 4.79 Å². The molecule has 1 atom stereocenters. The molecule has 0 aromatic carbocycles. The Morgan fingerprint density at radius 2 is 2.06 bits per heavy atom. The van der Waals surface area contributed by atoms with Crippen LogP contribution in [0.4, 0.5) is 0 Å². The molecule has 2 nitrogen and oxygen atoms in total. The zero-order chi connectivity index (χ0) is 11.4. The Kier molecular flexibility index (Phi) is 4.03. The van der Waals surface area contributed by atoms with E-state index in [0.717, 1.165) is 12.3 Å². The van der Waals surface area contributed by atoms with Crippen LogP contribution in [0, 0.1) is 5.92 Å². The van der Waals surface area contributed by atoms with Crippen molar-refractivity contribution in [1.82, 2.24) is 5.32 Å². The summed E-state index contributed by atoms with van der Waals surface area (Å²) in [6, 6.07) is 0.595. The first kappa shape index (κ1) is 11.7. The second-order valence-electron chi connectivity index (χ2n) is 5.19. The molecule has 90 valence electrons. The second-order valence-corrected chi connectivity index (χ2v) is 5.19. The molecule has 0 spiro atoms. The molecule has 1 saturated carbocycles. The first-order valence-electron chi connectivity index (χ1n) is 6.79. The third-order valence-corrected chi connectivity index (χ3v) is 4.01. The van der Waals surface area contributed by atoms with Gasteiger partial charge >= 0.3 is 0 Å². The van der Waals surface area contributed by atoms with Crippen LogP contribution in [0.1, 0.15) is 58.3 Å². The minimum absolute atomic E-state index is 0.293. The Bertz CT molecular complexity index is 276. The number of carbonyl (C=O) groups is 1. The van der Waals surface area contributed by atoms with Crippen molar-refractivity contribution in [2.24, 2.45) is 5.92 Å². The highest BCUT2D eigenvalue weighted by Crippen LogP contribution is 2.28. The first-order chi connectivity index (χ1) is 7.79. The number of rotatable bonds is 4. The first-order valence-corrected chi connectivity index (χ1v) is 6.79. The number of allylic oxidation sites excluding steroid dienone is 2. The fourth-order valence-corrected chi connectivity index (χ4v) is 3.04. The Morgan fingerprint density at radius 3 is 2.62 bits per heavy atom. The van der Waals surface area contributed by atoms with Crippen LogP contribution in [0.2, 0.25) is 0 Å². The zero-order valence-electron chi connectivity index (χ0n) is 10.3. The number of carbonyl (C=O) groups excluding carboxylic acids is 1. The van der Waals surface area contributed by atoms with Gasteiger partial charge in [0.05, 0.1) is 0 Å². The van der Waals surface area contributed by atoms with E-state index in [1.807, 2.05) is 6.08 Å². The van der Waals surface area contributed by atoms with E-state index in [0.29, 0.717) is 18.2 Å². The van der Waals surface area contributed by atoms with Crippen LogP contribution in [0.3, 0.4) is 0 Å². The molecule has 2 heteroatoms. The summed E-state index contributed by atoms with van der Waals surface area (Å²) in [6.45, 7) is 2.25. The van der Waals surface area contributed by atoms with E-state index in [1.54, 1.807) is 0 Å². The van der Waals surface area contributed by atoms with Crippen molar-refractivity contribution in [3.05, 3.63) is 11.8 Å². The van der Waals surface area contributed by atoms with Crippen molar-refractivity contribution in [3.8, 4) is 0 Å². The summed E-state index contributed by atoms with van der Waals surface area (Å²) in [5.74, 6) is 1.12. The summed E-state index contributed by atoms with van der Waals surface area (Å²) in [4.78, 5) is 11.2. The SMILES string of the molecule is CCC(NC1=CC(=O)CC1)C1CCCCC1. The minimum Gasteiger partial charge on any atom is -0.385 e. The predicted molar refractivity (Wildman–Crippen MR) is 66.1 cm³/mol. The lowest BCUT2D eigenvalue weighted by atomic mass is 9.83. The third kappa shape index (κ3) is 2.87. The smallest absolute Gasteiger partial charge is 0.157 e. The molecular formula is C14H23NO. The molecule has 0 amide bonds. The van der Waals surface area contributed by atoms with Gasteiger partial charge in [0.2, 0.25) is 0 Å². The number of ketones is 1. The molecule has 0 heterocycles. The summed E-state index contributed by atoms with van der Waals surface area (Å²) >= 11 is 0. The van der Waals surface area contributed by atoms with Gasteiger partial charge in [0, 0.05) is 24.2 Å². The number of hydrogen-bond donors (Lipinski definition) is 1. The Morgan fingerprint density at radius 1 is 1.31 bits per heavy atom. The van der Waals surface area contributed by atoms with E-state index >= 15 is 0 Å². The summed E-state index contributed by atoms with van der Waals surface area (Å²) in [5.41, 5.74) is 1.18. The van der Waals surface area contributed by atoms with E-state index in [1.165, 1.54) is 44.2 Å². The average Bonchev–Trinajstić information content (AvgIpc) is 2.73. The molecule has 0 aromatic rings. The fourth-order valence-electron chi connectivity index (χ4n) is 3.04. The summed E-state index contributed by atoms with van der Waals surface area (Å²) < 4.78 is 0. The maximum atomic E-state index is 11.2. The van der Waals surface area contributed by atoms with E-state index < -0.39 is 0 Å². The topological polar surface area (TPSA) is 29.1 Å². The molecule has 2 rings (SSSR count). The van der Waals surface area contributed by atoms with Crippen LogP contribution in [0.25, 0.3) is 0 Å². The van der Waals surface area contributed by atoms with Crippen LogP contribution in [0.15, 0.2) is 11.8 Å². The highest BCUT2D eigenvalue weighted by molar-refractivity contribution is 5.92. The third-order valence-electron chi connectivity index (χ3n) is 4.01. The predicted octanol–water partition coefficient (Wildman–Crippen LogP) is 3.18. The lowest BCUT2D eigenvalue weighted by molar-refractivity contribution is -0.114. The van der Waals surface area contributed by atoms with E-state index in [4.69, 9.17) is 0 Å². The maximum Gasteiger partial charge on any atom is 0.157 e. The van der Waals surface area contributed by atoms with Gasteiger partial charge in [0.1, 0.15) is 0 Å². The Hall–Kier alpha value is -0.790. The standard InChI is InChI=1S/C14H23NO/c1-2-14(11-6-4-3-5-7-11)15-12-8-9-13(16)10-12/h10-11,14-15H,2-9H2,1H3. The molecule has 1 fully saturated rings. The van der Waals surface area contributed by atoms with E-state index in [-0.39, 0.29) is 0 Å². The van der Waals surface area contributed by atoms with Crippen LogP contribution in [0.5, 0.6) is 0 Å². The van der Waals surface area contributed by atoms with Crippen LogP contribution in [-0.4, -0.2) is 11.8 Å². The number of nitrogens with one attached hydrogen (secondary N) is 1. The molecular weight excluding hydrogens is 198 g/mol. The van der Waals surface area contributed by atoms with Gasteiger partial charge in [-0.25, -0.2) is 0 Å². The minimum atomic E-state index is 0.293. The van der Waals surface area contributed by atoms with Crippen molar-refractivity contribution < 1.29 is 4.79 Å². The number of hydrogen-bond acceptors (Lipinski definition) is 2. The van der Waals surface area contributed by atoms with E-state index in [2.05, 4.69) is 12.2 Å². The molecule has 0 saturated heterocycles. The summed E-state index contributed by atoms with van der Waals surface area (Å²) in [7, 11) is 0. The van der Waals surface area contributed by atoms with Gasteiger partial charge in [-0.1, -0.05) is 26.2 Å². The lowest BCUT2D eigenvalue weighted by Crippen LogP contribution is -2.35. The van der Waals surface area contributed by atoms with Crippen molar-refractivity contribution >= 4 is 5.78 Å².